The number of hydrogen-bond donors (Lipinski definition) is 0. The standard InChI is InChI=1S/C18H34.C10H16.C9H18.C3H8.C3H6.2C2H6/c1-7-11-18(12-8-2)16(6)13-15(5)14-17(9-3)10-4;1-5-7-8-10(4)9(3)6-2;1-3-5-7-9-8-6-4-2;2*1-3-2;2*1-2/h7,9,11,15-18H,3,8,10,12-14H2,1-2,4-6H3;5-7,9H,2,4,8H2,1,3H3;3H,1,4-9H2,2H3;3H2,1-2H3;3H,1H2,2H3;2*1-2H3/b11-7+;7-5+;;;;;/t15?,16-,17?,18+;;;;;;/m0....../s1. The summed E-state index contributed by atoms with van der Waals surface area (Å²) in [5.74, 6) is 3.53. The van der Waals surface area contributed by atoms with Gasteiger partial charge >= 0.3 is 0 Å². The molecular weight excluding hydrogens is 565 g/mol. The van der Waals surface area contributed by atoms with E-state index in [0.29, 0.717) is 11.8 Å². The van der Waals surface area contributed by atoms with Crippen molar-refractivity contribution in [3.63, 3.8) is 0 Å². The molecule has 0 fully saturated rings. The summed E-state index contributed by atoms with van der Waals surface area (Å²) in [4.78, 5) is 0. The Morgan fingerprint density at radius 3 is 1.55 bits per heavy atom. The molecule has 0 N–H and O–H groups in total. The van der Waals surface area contributed by atoms with E-state index in [2.05, 4.69) is 120 Å². The van der Waals surface area contributed by atoms with Gasteiger partial charge in [-0.15, -0.1) is 26.3 Å². The largest absolute Gasteiger partial charge is 0.103 e. The van der Waals surface area contributed by atoms with E-state index >= 15 is 0 Å². The van der Waals surface area contributed by atoms with Crippen LogP contribution < -0.4 is 0 Å². The average Bonchev–Trinajstić information content (AvgIpc) is 3.08. The summed E-state index contributed by atoms with van der Waals surface area (Å²) in [6.07, 6.45) is 33.4. The summed E-state index contributed by atoms with van der Waals surface area (Å²) in [5.41, 5.74) is 1.23. The summed E-state index contributed by atoms with van der Waals surface area (Å²) in [6, 6.07) is 0. The van der Waals surface area contributed by atoms with Gasteiger partial charge in [0.15, 0.2) is 0 Å². The predicted molar refractivity (Wildman–Crippen MR) is 231 cm³/mol. The minimum Gasteiger partial charge on any atom is -0.103 e. The number of allylic oxidation sites excluding steroid dienone is 9. The lowest BCUT2D eigenvalue weighted by atomic mass is 9.80. The molecule has 0 aliphatic rings. The minimum atomic E-state index is 0.441. The molecule has 0 aromatic heterocycles. The monoisotopic (exact) mass is 659 g/mol. The molecule has 0 heteroatoms. The average molecular weight is 659 g/mol. The first-order valence-corrected chi connectivity index (χ1v) is 19.9. The third-order valence-corrected chi connectivity index (χ3v) is 7.25. The fourth-order valence-corrected chi connectivity index (χ4v) is 4.52. The molecule has 0 heterocycles. The molecule has 0 nitrogen and oxygen atoms in total. The van der Waals surface area contributed by atoms with Crippen LogP contribution in [0.15, 0.2) is 87.1 Å². The van der Waals surface area contributed by atoms with Gasteiger partial charge < -0.3 is 0 Å². The van der Waals surface area contributed by atoms with Crippen LogP contribution >= 0.6 is 0 Å². The van der Waals surface area contributed by atoms with Crippen molar-refractivity contribution >= 4 is 0 Å². The Labute approximate surface area is 303 Å². The van der Waals surface area contributed by atoms with E-state index in [9.17, 15) is 0 Å². The van der Waals surface area contributed by atoms with Gasteiger partial charge in [-0.05, 0) is 95.3 Å². The van der Waals surface area contributed by atoms with E-state index in [0.717, 1.165) is 24.2 Å². The molecule has 0 aromatic rings. The second-order valence-electron chi connectivity index (χ2n) is 12.0. The zero-order valence-electron chi connectivity index (χ0n) is 35.7. The summed E-state index contributed by atoms with van der Waals surface area (Å²) in [5, 5.41) is 0. The first kappa shape index (κ1) is 60.5. The molecule has 0 saturated carbocycles. The van der Waals surface area contributed by atoms with E-state index < -0.39 is 0 Å². The Bertz CT molecular complexity index is 630. The van der Waals surface area contributed by atoms with Crippen LogP contribution in [0.1, 0.15) is 187 Å². The fourth-order valence-electron chi connectivity index (χ4n) is 4.52. The predicted octanol–water partition coefficient (Wildman–Crippen LogP) is 17.8. The van der Waals surface area contributed by atoms with Gasteiger partial charge in [-0.1, -0.05) is 182 Å². The molecule has 0 saturated heterocycles. The smallest absolute Gasteiger partial charge is 0.00539 e. The zero-order chi connectivity index (χ0) is 38.3. The Morgan fingerprint density at radius 2 is 1.19 bits per heavy atom. The van der Waals surface area contributed by atoms with Gasteiger partial charge in [0.25, 0.3) is 0 Å². The van der Waals surface area contributed by atoms with E-state index in [1.165, 1.54) is 82.6 Å². The van der Waals surface area contributed by atoms with Crippen LogP contribution in [0.2, 0.25) is 0 Å². The maximum Gasteiger partial charge on any atom is -0.00539 e. The van der Waals surface area contributed by atoms with Crippen molar-refractivity contribution in [1.82, 2.24) is 0 Å². The molecule has 0 amide bonds. The molecule has 0 aromatic carbocycles. The van der Waals surface area contributed by atoms with Crippen molar-refractivity contribution in [3.05, 3.63) is 87.1 Å². The first-order valence-electron chi connectivity index (χ1n) is 19.9. The van der Waals surface area contributed by atoms with E-state index in [1.807, 2.05) is 59.8 Å². The molecule has 47 heavy (non-hydrogen) atoms. The Balaban J connectivity index is -0.0000000940. The highest BCUT2D eigenvalue weighted by atomic mass is 14.2. The molecule has 282 valence electrons. The topological polar surface area (TPSA) is 0 Å². The van der Waals surface area contributed by atoms with Gasteiger partial charge in [-0.25, -0.2) is 0 Å². The van der Waals surface area contributed by atoms with Gasteiger partial charge in [0.1, 0.15) is 0 Å². The quantitative estimate of drug-likeness (QED) is 0.0902. The van der Waals surface area contributed by atoms with Crippen LogP contribution in [-0.2, 0) is 0 Å². The Morgan fingerprint density at radius 1 is 0.681 bits per heavy atom. The van der Waals surface area contributed by atoms with Crippen molar-refractivity contribution < 1.29 is 0 Å². The third-order valence-electron chi connectivity index (χ3n) is 7.25. The third kappa shape index (κ3) is 60.0. The summed E-state index contributed by atoms with van der Waals surface area (Å²) in [7, 11) is 0. The highest BCUT2D eigenvalue weighted by Crippen LogP contribution is 2.29. The molecule has 0 radical (unpaired) electrons. The highest BCUT2D eigenvalue weighted by Gasteiger charge is 2.18. The number of rotatable bonds is 20. The SMILES string of the molecule is C=CC.C=CC(C)C(=C)C/C=C/C.C=CC(CC)CC(C)C[C@H](C)[C@H](/C=C/C)CCC.C=CCCCCCCC.CC.CC.CCC. The van der Waals surface area contributed by atoms with Crippen LogP contribution in [-0.4, -0.2) is 0 Å². The molecule has 0 aliphatic carbocycles. The lowest BCUT2D eigenvalue weighted by molar-refractivity contribution is 0.297. The first-order chi connectivity index (χ1) is 22.5. The number of unbranched alkanes of at least 4 members (excludes halogenated alkanes) is 5. The van der Waals surface area contributed by atoms with Gasteiger partial charge in [0.05, 0.1) is 0 Å². The zero-order valence-corrected chi connectivity index (χ0v) is 35.7. The van der Waals surface area contributed by atoms with Crippen LogP contribution in [0.25, 0.3) is 0 Å². The van der Waals surface area contributed by atoms with Gasteiger partial charge in [0, 0.05) is 0 Å². The summed E-state index contributed by atoms with van der Waals surface area (Å²) >= 11 is 0. The molecule has 0 spiro atoms. The molecule has 5 atom stereocenters. The highest BCUT2D eigenvalue weighted by molar-refractivity contribution is 5.09. The second-order valence-corrected chi connectivity index (χ2v) is 12.0. The van der Waals surface area contributed by atoms with E-state index in [-0.39, 0.29) is 0 Å². The fraction of sp³-hybridized carbons (Fsp3) is 0.702. The van der Waals surface area contributed by atoms with E-state index in [4.69, 9.17) is 0 Å². The van der Waals surface area contributed by atoms with Crippen molar-refractivity contribution in [3.8, 4) is 0 Å². The normalized spacial score (nSPS) is 12.7. The molecule has 0 bridgehead atoms. The maximum absolute atomic E-state index is 3.95. The summed E-state index contributed by atoms with van der Waals surface area (Å²) < 4.78 is 0. The Kier molecular flexibility index (Phi) is 76.7. The van der Waals surface area contributed by atoms with Crippen molar-refractivity contribution in [2.45, 2.75) is 187 Å². The molecule has 0 aliphatic heterocycles. The van der Waals surface area contributed by atoms with Gasteiger partial charge in [-0.3, -0.25) is 0 Å². The van der Waals surface area contributed by atoms with Crippen LogP contribution in [0.4, 0.5) is 0 Å². The molecular formula is C47H94. The minimum absolute atomic E-state index is 0.441. The van der Waals surface area contributed by atoms with Crippen molar-refractivity contribution in [1.29, 1.82) is 0 Å². The van der Waals surface area contributed by atoms with Crippen LogP contribution in [0.5, 0.6) is 0 Å². The van der Waals surface area contributed by atoms with Crippen molar-refractivity contribution in [2.75, 3.05) is 0 Å². The lowest BCUT2D eigenvalue weighted by Gasteiger charge is -2.25. The number of hydrogen-bond acceptors (Lipinski definition) is 0. The second kappa shape index (κ2) is 59.6. The molecule has 3 unspecified atom stereocenters. The van der Waals surface area contributed by atoms with Crippen LogP contribution in [0.3, 0.4) is 0 Å². The van der Waals surface area contributed by atoms with Crippen LogP contribution in [0, 0.1) is 29.6 Å². The van der Waals surface area contributed by atoms with Gasteiger partial charge in [0.2, 0.25) is 0 Å². The Hall–Kier alpha value is -1.82. The maximum atomic E-state index is 3.95. The summed E-state index contributed by atoms with van der Waals surface area (Å²) in [6.45, 7) is 50.7. The van der Waals surface area contributed by atoms with E-state index in [1.54, 1.807) is 6.08 Å². The molecule has 0 rings (SSSR count). The van der Waals surface area contributed by atoms with Crippen molar-refractivity contribution in [2.24, 2.45) is 29.6 Å². The lowest BCUT2D eigenvalue weighted by Crippen LogP contribution is -2.14. The van der Waals surface area contributed by atoms with Gasteiger partial charge in [-0.2, -0.15) is 0 Å².